The molecule has 0 unspecified atom stereocenters. The van der Waals surface area contributed by atoms with Gasteiger partial charge >= 0.3 is 6.18 Å². The maximum absolute atomic E-state index is 13.1. The number of rotatable bonds is 4. The van der Waals surface area contributed by atoms with E-state index in [1.54, 1.807) is 6.07 Å². The van der Waals surface area contributed by atoms with Crippen LogP contribution in [0.25, 0.3) is 22.1 Å². The molecule has 0 radical (unpaired) electrons. The number of hydrogen-bond acceptors (Lipinski definition) is 6. The van der Waals surface area contributed by atoms with Crippen LogP contribution in [-0.2, 0) is 6.18 Å². The second-order valence-electron chi connectivity index (χ2n) is 7.06. The molecule has 0 spiro atoms. The first-order chi connectivity index (χ1) is 15.3. The van der Waals surface area contributed by atoms with Gasteiger partial charge < -0.3 is 15.0 Å². The van der Waals surface area contributed by atoms with Crippen LogP contribution in [0.3, 0.4) is 0 Å². The summed E-state index contributed by atoms with van der Waals surface area (Å²) >= 11 is 4.32. The molecule has 0 saturated heterocycles. The highest BCUT2D eigenvalue weighted by Gasteiger charge is 2.31. The number of aromatic amines is 1. The minimum Gasteiger partial charge on any atom is -0.457 e. The molecule has 6 nitrogen and oxygen atoms in total. The number of nitrogens with zero attached hydrogens (tertiary/aromatic N) is 3. The lowest BCUT2D eigenvalue weighted by Crippen LogP contribution is -2.04. The van der Waals surface area contributed by atoms with E-state index in [2.05, 4.69) is 40.0 Å². The average Bonchev–Trinajstić information content (AvgIpc) is 3.35. The van der Waals surface area contributed by atoms with Crippen LogP contribution in [-0.4, -0.2) is 18.7 Å². The highest BCUT2D eigenvalue weighted by molar-refractivity contribution is 9.10. The van der Waals surface area contributed by atoms with Crippen molar-refractivity contribution in [3.8, 4) is 11.5 Å². The molecule has 11 heteroatoms. The van der Waals surface area contributed by atoms with Gasteiger partial charge in [-0.15, -0.1) is 0 Å². The number of benzene rings is 3. The number of alkyl halides is 3. The minimum atomic E-state index is -4.44. The van der Waals surface area contributed by atoms with Crippen LogP contribution in [0.4, 0.5) is 24.8 Å². The Balaban J connectivity index is 1.38. The van der Waals surface area contributed by atoms with E-state index >= 15 is 0 Å². The molecule has 162 valence electrons. The number of aryl methyl sites for hydroxylation is 1. The Bertz CT molecular complexity index is 1460. The number of hydrogen-bond donors (Lipinski definition) is 2. The molecule has 0 aliphatic carbocycles. The minimum absolute atomic E-state index is 0.263. The summed E-state index contributed by atoms with van der Waals surface area (Å²) in [5.74, 6) is 1.64. The fourth-order valence-corrected chi connectivity index (χ4v) is 4.30. The van der Waals surface area contributed by atoms with Crippen LogP contribution in [0.2, 0.25) is 0 Å². The molecule has 5 aromatic rings. The average molecular weight is 520 g/mol. The number of nitrogens with one attached hydrogen (secondary N) is 2. The zero-order valence-electron chi connectivity index (χ0n) is 16.3. The predicted octanol–water partition coefficient (Wildman–Crippen LogP) is 7.19. The molecule has 2 aromatic heterocycles. The lowest BCUT2D eigenvalue weighted by Gasteiger charge is -2.11. The van der Waals surface area contributed by atoms with Crippen molar-refractivity contribution < 1.29 is 17.9 Å². The fourth-order valence-electron chi connectivity index (χ4n) is 3.23. The van der Waals surface area contributed by atoms with Crippen molar-refractivity contribution in [1.82, 2.24) is 18.7 Å². The molecule has 0 amide bonds. The molecular formula is C21H13BrF3N5OS. The van der Waals surface area contributed by atoms with E-state index in [9.17, 15) is 13.2 Å². The van der Waals surface area contributed by atoms with E-state index < -0.39 is 11.7 Å². The van der Waals surface area contributed by atoms with Crippen LogP contribution in [0, 0.1) is 6.92 Å². The Hall–Kier alpha value is -3.18. The summed E-state index contributed by atoms with van der Waals surface area (Å²) in [5.41, 5.74) is 3.09. The molecule has 0 saturated carbocycles. The van der Waals surface area contributed by atoms with Gasteiger partial charge in [0.05, 0.1) is 22.8 Å². The van der Waals surface area contributed by atoms with Gasteiger partial charge in [0, 0.05) is 16.2 Å². The topological polar surface area (TPSA) is 75.7 Å². The smallest absolute Gasteiger partial charge is 0.416 e. The van der Waals surface area contributed by atoms with E-state index in [4.69, 9.17) is 4.74 Å². The number of halogens is 4. The first-order valence-electron chi connectivity index (χ1n) is 9.30. The van der Waals surface area contributed by atoms with E-state index in [1.807, 2.05) is 37.3 Å². The molecule has 0 bridgehead atoms. The van der Waals surface area contributed by atoms with Crippen LogP contribution in [0.15, 0.2) is 53.0 Å². The second-order valence-corrected chi connectivity index (χ2v) is 8.44. The van der Waals surface area contributed by atoms with Gasteiger partial charge in [-0.05, 0) is 70.9 Å². The van der Waals surface area contributed by atoms with Gasteiger partial charge in [0.1, 0.15) is 28.0 Å². The molecule has 2 N–H and O–H groups in total. The fraction of sp³-hybridized carbons (Fsp3) is 0.0952. The number of ether oxygens (including phenoxy) is 1. The quantitative estimate of drug-likeness (QED) is 0.262. The van der Waals surface area contributed by atoms with Crippen molar-refractivity contribution in [3.05, 3.63) is 64.1 Å². The van der Waals surface area contributed by atoms with E-state index in [0.29, 0.717) is 28.7 Å². The van der Waals surface area contributed by atoms with Crippen LogP contribution in [0.5, 0.6) is 11.5 Å². The maximum Gasteiger partial charge on any atom is 0.416 e. The van der Waals surface area contributed by atoms with E-state index in [-0.39, 0.29) is 9.99 Å². The third-order valence-electron chi connectivity index (χ3n) is 4.76. The van der Waals surface area contributed by atoms with E-state index in [1.165, 1.54) is 0 Å². The summed E-state index contributed by atoms with van der Waals surface area (Å²) in [6.45, 7) is 1.90. The molecule has 5 rings (SSSR count). The molecule has 3 aromatic carbocycles. The molecule has 32 heavy (non-hydrogen) atoms. The first-order valence-corrected chi connectivity index (χ1v) is 10.8. The number of anilines is 2. The Kier molecular flexibility index (Phi) is 5.01. The van der Waals surface area contributed by atoms with Crippen molar-refractivity contribution >= 4 is 61.4 Å². The van der Waals surface area contributed by atoms with Crippen molar-refractivity contribution in [1.29, 1.82) is 0 Å². The van der Waals surface area contributed by atoms with Gasteiger partial charge in [0.15, 0.2) is 0 Å². The largest absolute Gasteiger partial charge is 0.457 e. The molecular weight excluding hydrogens is 507 g/mol. The number of imidazole rings is 1. The second kappa shape index (κ2) is 7.75. The van der Waals surface area contributed by atoms with Crippen LogP contribution >= 0.6 is 27.7 Å². The SMILES string of the molecule is Cc1cc(Nc2nc3c(Br)cc(C(F)(F)F)cc3[nH]2)ccc1Oc1ccc2nsnc2c1. The van der Waals surface area contributed by atoms with Crippen molar-refractivity contribution in [2.24, 2.45) is 0 Å². The maximum atomic E-state index is 13.1. The summed E-state index contributed by atoms with van der Waals surface area (Å²) in [4.78, 5) is 7.24. The summed E-state index contributed by atoms with van der Waals surface area (Å²) in [6.07, 6.45) is -4.44. The molecule has 0 atom stereocenters. The summed E-state index contributed by atoms with van der Waals surface area (Å²) in [5, 5.41) is 3.09. The number of H-pyrrole nitrogens is 1. The predicted molar refractivity (Wildman–Crippen MR) is 121 cm³/mol. The monoisotopic (exact) mass is 519 g/mol. The van der Waals surface area contributed by atoms with Gasteiger partial charge in [0.2, 0.25) is 5.95 Å². The third kappa shape index (κ3) is 4.00. The molecule has 0 fully saturated rings. The van der Waals surface area contributed by atoms with Gasteiger partial charge in [-0.3, -0.25) is 0 Å². The first kappa shape index (κ1) is 20.7. The van der Waals surface area contributed by atoms with Gasteiger partial charge in [0.25, 0.3) is 0 Å². The van der Waals surface area contributed by atoms with Gasteiger partial charge in [-0.2, -0.15) is 21.9 Å². The Morgan fingerprint density at radius 3 is 2.62 bits per heavy atom. The van der Waals surface area contributed by atoms with Crippen molar-refractivity contribution in [3.63, 3.8) is 0 Å². The summed E-state index contributed by atoms with van der Waals surface area (Å²) < 4.78 is 53.8. The lowest BCUT2D eigenvalue weighted by atomic mass is 10.2. The third-order valence-corrected chi connectivity index (χ3v) is 5.92. The van der Waals surface area contributed by atoms with Crippen LogP contribution in [0.1, 0.15) is 11.1 Å². The van der Waals surface area contributed by atoms with Crippen molar-refractivity contribution in [2.75, 3.05) is 5.32 Å². The van der Waals surface area contributed by atoms with Crippen molar-refractivity contribution in [2.45, 2.75) is 13.1 Å². The standard InChI is InChI=1S/C21H13BrF3N5OS/c1-10-6-12(2-5-18(10)31-13-3-4-15-16(9-13)30-32-29-15)26-20-27-17-8-11(21(23,24)25)7-14(22)19(17)28-20/h2-9H,1H3,(H2,26,27,28). The van der Waals surface area contributed by atoms with Gasteiger partial charge in [-0.25, -0.2) is 4.98 Å². The molecule has 2 heterocycles. The lowest BCUT2D eigenvalue weighted by molar-refractivity contribution is -0.137. The molecule has 0 aliphatic heterocycles. The highest BCUT2D eigenvalue weighted by Crippen LogP contribution is 2.35. The normalized spacial score (nSPS) is 11.9. The zero-order valence-corrected chi connectivity index (χ0v) is 18.7. The Morgan fingerprint density at radius 1 is 1.03 bits per heavy atom. The Labute approximate surface area is 191 Å². The Morgan fingerprint density at radius 2 is 1.84 bits per heavy atom. The number of aromatic nitrogens is 4. The summed E-state index contributed by atoms with van der Waals surface area (Å²) in [7, 11) is 0. The zero-order chi connectivity index (χ0) is 22.5. The van der Waals surface area contributed by atoms with Gasteiger partial charge in [-0.1, -0.05) is 0 Å². The highest BCUT2D eigenvalue weighted by atomic mass is 79.9. The summed E-state index contributed by atoms with van der Waals surface area (Å²) in [6, 6.07) is 13.0. The van der Waals surface area contributed by atoms with E-state index in [0.717, 1.165) is 40.5 Å². The number of fused-ring (bicyclic) bond motifs is 2. The molecule has 0 aliphatic rings. The van der Waals surface area contributed by atoms with Crippen LogP contribution < -0.4 is 10.1 Å².